The second kappa shape index (κ2) is 9.43. The lowest BCUT2D eigenvalue weighted by atomic mass is 10.1. The predicted octanol–water partition coefficient (Wildman–Crippen LogP) is 3.56. The van der Waals surface area contributed by atoms with Crippen LogP contribution >= 0.6 is 11.6 Å². The molecule has 29 heavy (non-hydrogen) atoms. The van der Waals surface area contributed by atoms with Crippen LogP contribution in [0.1, 0.15) is 28.8 Å². The highest BCUT2D eigenvalue weighted by atomic mass is 35.5. The first-order valence-corrected chi connectivity index (χ1v) is 9.44. The number of carbonyl (C=O) groups is 3. The molecule has 0 fully saturated rings. The zero-order valence-corrected chi connectivity index (χ0v) is 16.6. The molecule has 0 aromatic heterocycles. The second-order valence-electron chi connectivity index (χ2n) is 6.47. The van der Waals surface area contributed by atoms with E-state index in [-0.39, 0.29) is 18.6 Å². The number of nitrogens with one attached hydrogen (secondary N) is 1. The van der Waals surface area contributed by atoms with Crippen LogP contribution in [0.5, 0.6) is 11.5 Å². The first kappa shape index (κ1) is 20.7. The van der Waals surface area contributed by atoms with E-state index in [1.54, 1.807) is 36.4 Å². The summed E-state index contributed by atoms with van der Waals surface area (Å²) in [6, 6.07) is 10.1. The van der Waals surface area contributed by atoms with Crippen molar-refractivity contribution in [3.05, 3.63) is 52.5 Å². The third kappa shape index (κ3) is 5.71. The molecule has 1 aliphatic rings. The minimum Gasteiger partial charge on any atom is -0.486 e. The summed E-state index contributed by atoms with van der Waals surface area (Å²) in [6.45, 7) is 2.31. The molecule has 3 rings (SSSR count). The molecule has 0 atom stereocenters. The van der Waals surface area contributed by atoms with E-state index < -0.39 is 18.5 Å². The maximum Gasteiger partial charge on any atom is 0.306 e. The summed E-state index contributed by atoms with van der Waals surface area (Å²) in [6.07, 6.45) is -0.171. The maximum atomic E-state index is 12.3. The number of aryl methyl sites for hydroxylation is 1. The Morgan fingerprint density at radius 2 is 1.79 bits per heavy atom. The van der Waals surface area contributed by atoms with Gasteiger partial charge in [0.25, 0.3) is 5.91 Å². The Hall–Kier alpha value is -3.06. The van der Waals surface area contributed by atoms with Crippen molar-refractivity contribution in [2.45, 2.75) is 19.8 Å². The number of ketones is 1. The van der Waals surface area contributed by atoms with Crippen molar-refractivity contribution in [2.75, 3.05) is 25.1 Å². The molecule has 7 nitrogen and oxygen atoms in total. The van der Waals surface area contributed by atoms with Crippen molar-refractivity contribution in [2.24, 2.45) is 0 Å². The standard InChI is InChI=1S/C21H20ClNO6/c1-13-2-4-16(15(22)10-13)23-20(25)12-29-21(26)7-5-17(24)14-3-6-18-19(11-14)28-9-8-27-18/h2-4,6,10-11H,5,7-9,12H2,1H3,(H,23,25). The number of carbonyl (C=O) groups excluding carboxylic acids is 3. The number of amides is 1. The Labute approximate surface area is 172 Å². The third-order valence-electron chi connectivity index (χ3n) is 4.18. The van der Waals surface area contributed by atoms with Gasteiger partial charge in [0, 0.05) is 12.0 Å². The van der Waals surface area contributed by atoms with E-state index in [0.29, 0.717) is 41.0 Å². The summed E-state index contributed by atoms with van der Waals surface area (Å²) in [5.74, 6) is -0.277. The second-order valence-corrected chi connectivity index (χ2v) is 6.88. The molecule has 1 heterocycles. The highest BCUT2D eigenvalue weighted by Crippen LogP contribution is 2.31. The Kier molecular flexibility index (Phi) is 6.72. The third-order valence-corrected chi connectivity index (χ3v) is 4.50. The fourth-order valence-electron chi connectivity index (χ4n) is 2.70. The molecule has 8 heteroatoms. The van der Waals surface area contributed by atoms with Gasteiger partial charge in [-0.15, -0.1) is 0 Å². The van der Waals surface area contributed by atoms with Crippen LogP contribution in [-0.4, -0.2) is 37.5 Å². The molecule has 0 radical (unpaired) electrons. The van der Waals surface area contributed by atoms with Gasteiger partial charge in [0.05, 0.1) is 17.1 Å². The highest BCUT2D eigenvalue weighted by Gasteiger charge is 2.17. The summed E-state index contributed by atoms with van der Waals surface area (Å²) in [7, 11) is 0. The van der Waals surface area contributed by atoms with Crippen molar-refractivity contribution in [1.82, 2.24) is 0 Å². The van der Waals surface area contributed by atoms with Gasteiger partial charge in [-0.25, -0.2) is 0 Å². The molecule has 1 N–H and O–H groups in total. The summed E-state index contributed by atoms with van der Waals surface area (Å²) in [5, 5.41) is 2.97. The summed E-state index contributed by atoms with van der Waals surface area (Å²) < 4.78 is 15.8. The van der Waals surface area contributed by atoms with E-state index in [4.69, 9.17) is 25.8 Å². The van der Waals surface area contributed by atoms with E-state index >= 15 is 0 Å². The van der Waals surface area contributed by atoms with Gasteiger partial charge >= 0.3 is 5.97 Å². The van der Waals surface area contributed by atoms with Crippen LogP contribution in [-0.2, 0) is 14.3 Å². The molecule has 2 aromatic rings. The van der Waals surface area contributed by atoms with E-state index in [2.05, 4.69) is 5.32 Å². The highest BCUT2D eigenvalue weighted by molar-refractivity contribution is 6.33. The number of hydrogen-bond donors (Lipinski definition) is 1. The number of benzene rings is 2. The zero-order valence-electron chi connectivity index (χ0n) is 15.8. The van der Waals surface area contributed by atoms with Crippen LogP contribution in [0.25, 0.3) is 0 Å². The molecule has 0 aliphatic carbocycles. The van der Waals surface area contributed by atoms with Gasteiger partial charge in [-0.1, -0.05) is 17.7 Å². The molecule has 0 saturated carbocycles. The number of Topliss-reactive ketones (excluding diaryl/α,β-unsaturated/α-hetero) is 1. The first-order chi connectivity index (χ1) is 13.9. The molecule has 152 valence electrons. The summed E-state index contributed by atoms with van der Waals surface area (Å²) >= 11 is 6.05. The summed E-state index contributed by atoms with van der Waals surface area (Å²) in [5.41, 5.74) is 1.82. The smallest absolute Gasteiger partial charge is 0.306 e. The van der Waals surface area contributed by atoms with Crippen LogP contribution in [0.4, 0.5) is 5.69 Å². The van der Waals surface area contributed by atoms with Crippen LogP contribution in [0, 0.1) is 6.92 Å². The van der Waals surface area contributed by atoms with Gasteiger partial charge in [0.2, 0.25) is 0 Å². The minimum atomic E-state index is -0.638. The number of halogens is 1. The SMILES string of the molecule is Cc1ccc(NC(=O)COC(=O)CCC(=O)c2ccc3c(c2)OCCO3)c(Cl)c1. The van der Waals surface area contributed by atoms with Crippen molar-refractivity contribution in [3.8, 4) is 11.5 Å². The Bertz CT molecular complexity index is 943. The number of esters is 1. The van der Waals surface area contributed by atoms with Gasteiger partial charge in [0.15, 0.2) is 23.9 Å². The van der Waals surface area contributed by atoms with E-state index in [1.165, 1.54) is 0 Å². The lowest BCUT2D eigenvalue weighted by molar-refractivity contribution is -0.147. The average Bonchev–Trinajstić information content (AvgIpc) is 2.72. The number of fused-ring (bicyclic) bond motifs is 1. The van der Waals surface area contributed by atoms with Crippen molar-refractivity contribution in [1.29, 1.82) is 0 Å². The molecular weight excluding hydrogens is 398 g/mol. The largest absolute Gasteiger partial charge is 0.486 e. The topological polar surface area (TPSA) is 90.9 Å². The van der Waals surface area contributed by atoms with Crippen molar-refractivity contribution in [3.63, 3.8) is 0 Å². The monoisotopic (exact) mass is 417 g/mol. The minimum absolute atomic E-state index is 0.0378. The summed E-state index contributed by atoms with van der Waals surface area (Å²) in [4.78, 5) is 36.0. The predicted molar refractivity (Wildman–Crippen MR) is 107 cm³/mol. The van der Waals surface area contributed by atoms with Gasteiger partial charge in [-0.2, -0.15) is 0 Å². The van der Waals surface area contributed by atoms with Gasteiger partial charge in [-0.05, 0) is 42.8 Å². The molecule has 0 unspecified atom stereocenters. The van der Waals surface area contributed by atoms with Gasteiger partial charge in [-0.3, -0.25) is 14.4 Å². The maximum absolute atomic E-state index is 12.3. The normalized spacial score (nSPS) is 12.2. The Morgan fingerprint density at radius 1 is 1.03 bits per heavy atom. The number of ether oxygens (including phenoxy) is 3. The molecule has 1 aliphatic heterocycles. The molecule has 2 aromatic carbocycles. The first-order valence-electron chi connectivity index (χ1n) is 9.07. The zero-order chi connectivity index (χ0) is 20.8. The lowest BCUT2D eigenvalue weighted by Gasteiger charge is -2.18. The molecular formula is C21H20ClNO6. The molecule has 0 spiro atoms. The number of rotatable bonds is 7. The van der Waals surface area contributed by atoms with Crippen molar-refractivity contribution >= 4 is 34.9 Å². The van der Waals surface area contributed by atoms with Crippen LogP contribution < -0.4 is 14.8 Å². The number of anilines is 1. The van der Waals surface area contributed by atoms with Crippen LogP contribution in [0.15, 0.2) is 36.4 Å². The molecule has 1 amide bonds. The lowest BCUT2D eigenvalue weighted by Crippen LogP contribution is -2.21. The van der Waals surface area contributed by atoms with E-state index in [1.807, 2.05) is 6.92 Å². The fraction of sp³-hybridized carbons (Fsp3) is 0.286. The van der Waals surface area contributed by atoms with Crippen molar-refractivity contribution < 1.29 is 28.6 Å². The van der Waals surface area contributed by atoms with Gasteiger partial charge in [0.1, 0.15) is 13.2 Å². The fourth-order valence-corrected chi connectivity index (χ4v) is 2.99. The number of hydrogen-bond acceptors (Lipinski definition) is 6. The Balaban J connectivity index is 1.43. The average molecular weight is 418 g/mol. The quantitative estimate of drug-likeness (QED) is 0.547. The molecule has 0 saturated heterocycles. The molecule has 0 bridgehead atoms. The van der Waals surface area contributed by atoms with E-state index in [9.17, 15) is 14.4 Å². The van der Waals surface area contributed by atoms with Crippen LogP contribution in [0.2, 0.25) is 5.02 Å². The Morgan fingerprint density at radius 3 is 2.55 bits per heavy atom. The van der Waals surface area contributed by atoms with Crippen LogP contribution in [0.3, 0.4) is 0 Å². The van der Waals surface area contributed by atoms with Gasteiger partial charge < -0.3 is 19.5 Å². The van der Waals surface area contributed by atoms with E-state index in [0.717, 1.165) is 5.56 Å².